The molecule has 1 rings (SSSR count). The lowest BCUT2D eigenvalue weighted by Gasteiger charge is -2.22. The summed E-state index contributed by atoms with van der Waals surface area (Å²) in [5.74, 6) is -0.382. The van der Waals surface area contributed by atoms with Crippen molar-refractivity contribution >= 4 is 37.5 Å². The van der Waals surface area contributed by atoms with Crippen molar-refractivity contribution < 1.29 is 13.2 Å². The Hall–Kier alpha value is -1.34. The first kappa shape index (κ1) is 16.7. The first-order valence-electron chi connectivity index (χ1n) is 5.87. The second-order valence-electron chi connectivity index (χ2n) is 4.30. The number of sulfonamides is 1. The summed E-state index contributed by atoms with van der Waals surface area (Å²) in [4.78, 5) is 11.7. The molecule has 7 heteroatoms. The number of carbonyl (C=O) groups is 1. The number of nitrogens with one attached hydrogen (secondary N) is 1. The van der Waals surface area contributed by atoms with Crippen LogP contribution in [0.15, 0.2) is 35.3 Å². The third-order valence-corrected chi connectivity index (χ3v) is 4.57. The highest BCUT2D eigenvalue weighted by Gasteiger charge is 2.20. The van der Waals surface area contributed by atoms with Crippen molar-refractivity contribution in [2.45, 2.75) is 6.92 Å². The Morgan fingerprint density at radius 3 is 2.65 bits per heavy atom. The van der Waals surface area contributed by atoms with Gasteiger partial charge in [-0.1, -0.05) is 28.1 Å². The quantitative estimate of drug-likeness (QED) is 0.786. The molecule has 0 atom stereocenters. The van der Waals surface area contributed by atoms with Gasteiger partial charge in [0.05, 0.1) is 11.9 Å². The molecular weight excluding hydrogens is 344 g/mol. The van der Waals surface area contributed by atoms with E-state index in [0.29, 0.717) is 12.2 Å². The average Bonchev–Trinajstić information content (AvgIpc) is 2.35. The van der Waals surface area contributed by atoms with E-state index in [1.165, 1.54) is 6.08 Å². The summed E-state index contributed by atoms with van der Waals surface area (Å²) in [5.41, 5.74) is 1.43. The molecule has 20 heavy (non-hydrogen) atoms. The van der Waals surface area contributed by atoms with Gasteiger partial charge >= 0.3 is 0 Å². The number of amides is 1. The topological polar surface area (TPSA) is 66.5 Å². The largest absolute Gasteiger partial charge is 0.351 e. The Bertz CT molecular complexity index is 614. The molecule has 0 bridgehead atoms. The van der Waals surface area contributed by atoms with Gasteiger partial charge in [-0.3, -0.25) is 9.10 Å². The van der Waals surface area contributed by atoms with Crippen LogP contribution in [0.2, 0.25) is 0 Å². The number of rotatable bonds is 6. The van der Waals surface area contributed by atoms with E-state index >= 15 is 0 Å². The molecule has 1 aromatic rings. The van der Waals surface area contributed by atoms with E-state index in [2.05, 4.69) is 27.8 Å². The van der Waals surface area contributed by atoms with Gasteiger partial charge in [-0.2, -0.15) is 0 Å². The molecule has 1 aromatic carbocycles. The fourth-order valence-corrected chi connectivity index (χ4v) is 2.72. The van der Waals surface area contributed by atoms with E-state index in [1.54, 1.807) is 18.2 Å². The molecule has 5 nitrogen and oxygen atoms in total. The SMILES string of the molecule is C=CCNC(=O)CN(c1ccc(C)c(Br)c1)S(C)(=O)=O. The number of nitrogens with zero attached hydrogens (tertiary/aromatic N) is 1. The highest BCUT2D eigenvalue weighted by Crippen LogP contribution is 2.25. The van der Waals surface area contributed by atoms with Gasteiger partial charge in [-0.15, -0.1) is 6.58 Å². The molecule has 0 heterocycles. The molecule has 0 aliphatic carbocycles. The summed E-state index contributed by atoms with van der Waals surface area (Å²) < 4.78 is 25.5. The summed E-state index contributed by atoms with van der Waals surface area (Å²) in [6.07, 6.45) is 2.60. The predicted octanol–water partition coefficient (Wildman–Crippen LogP) is 1.83. The van der Waals surface area contributed by atoms with Crippen LogP contribution in [0, 0.1) is 6.92 Å². The van der Waals surface area contributed by atoms with E-state index < -0.39 is 10.0 Å². The van der Waals surface area contributed by atoms with Crippen LogP contribution < -0.4 is 9.62 Å². The third kappa shape index (κ3) is 4.64. The molecule has 0 aromatic heterocycles. The van der Waals surface area contributed by atoms with Crippen molar-refractivity contribution in [2.75, 3.05) is 23.7 Å². The zero-order chi connectivity index (χ0) is 15.3. The lowest BCUT2D eigenvalue weighted by molar-refractivity contribution is -0.119. The molecule has 1 N–H and O–H groups in total. The number of halogens is 1. The fraction of sp³-hybridized carbons (Fsp3) is 0.308. The van der Waals surface area contributed by atoms with Crippen molar-refractivity contribution in [1.82, 2.24) is 5.32 Å². The van der Waals surface area contributed by atoms with Gasteiger partial charge in [-0.25, -0.2) is 8.42 Å². The van der Waals surface area contributed by atoms with Crippen molar-refractivity contribution in [3.8, 4) is 0 Å². The van der Waals surface area contributed by atoms with Crippen molar-refractivity contribution in [1.29, 1.82) is 0 Å². The lowest BCUT2D eigenvalue weighted by Crippen LogP contribution is -2.40. The number of carbonyl (C=O) groups excluding carboxylic acids is 1. The second kappa shape index (κ2) is 6.90. The Kier molecular flexibility index (Phi) is 5.76. The number of benzene rings is 1. The normalized spacial score (nSPS) is 10.9. The van der Waals surface area contributed by atoms with Gasteiger partial charge in [0, 0.05) is 11.0 Å². The minimum Gasteiger partial charge on any atom is -0.351 e. The molecule has 0 fully saturated rings. The molecule has 0 unspecified atom stereocenters. The van der Waals surface area contributed by atoms with Gasteiger partial charge in [0.25, 0.3) is 0 Å². The maximum atomic E-state index is 11.8. The average molecular weight is 361 g/mol. The maximum absolute atomic E-state index is 11.8. The van der Waals surface area contributed by atoms with Crippen LogP contribution in [-0.4, -0.2) is 33.7 Å². The van der Waals surface area contributed by atoms with E-state index in [9.17, 15) is 13.2 Å². The minimum absolute atomic E-state index is 0.262. The van der Waals surface area contributed by atoms with Crippen LogP contribution in [0.25, 0.3) is 0 Å². The van der Waals surface area contributed by atoms with Gasteiger partial charge in [0.2, 0.25) is 15.9 Å². The summed E-state index contributed by atoms with van der Waals surface area (Å²) in [6, 6.07) is 5.14. The highest BCUT2D eigenvalue weighted by atomic mass is 79.9. The van der Waals surface area contributed by atoms with Gasteiger partial charge in [-0.05, 0) is 24.6 Å². The monoisotopic (exact) mass is 360 g/mol. The van der Waals surface area contributed by atoms with Crippen LogP contribution in [0.3, 0.4) is 0 Å². The van der Waals surface area contributed by atoms with Crippen LogP contribution in [-0.2, 0) is 14.8 Å². The summed E-state index contributed by atoms with van der Waals surface area (Å²) in [6.45, 7) is 5.42. The maximum Gasteiger partial charge on any atom is 0.241 e. The summed E-state index contributed by atoms with van der Waals surface area (Å²) >= 11 is 3.35. The second-order valence-corrected chi connectivity index (χ2v) is 7.06. The smallest absolute Gasteiger partial charge is 0.241 e. The van der Waals surface area contributed by atoms with E-state index in [4.69, 9.17) is 0 Å². The third-order valence-electron chi connectivity index (χ3n) is 2.57. The molecule has 1 amide bonds. The van der Waals surface area contributed by atoms with Crippen molar-refractivity contribution in [2.24, 2.45) is 0 Å². The number of hydrogen-bond acceptors (Lipinski definition) is 3. The van der Waals surface area contributed by atoms with Crippen LogP contribution in [0.4, 0.5) is 5.69 Å². The van der Waals surface area contributed by atoms with E-state index in [0.717, 1.165) is 20.6 Å². The predicted molar refractivity (Wildman–Crippen MR) is 84.3 cm³/mol. The Morgan fingerprint density at radius 1 is 1.50 bits per heavy atom. The van der Waals surface area contributed by atoms with Crippen LogP contribution in [0.1, 0.15) is 5.56 Å². The Balaban J connectivity index is 3.04. The number of hydrogen-bond donors (Lipinski definition) is 1. The van der Waals surface area contributed by atoms with Crippen LogP contribution in [0.5, 0.6) is 0 Å². The Labute approximate surface area is 127 Å². The number of anilines is 1. The Morgan fingerprint density at radius 2 is 2.15 bits per heavy atom. The molecule has 0 aliphatic heterocycles. The molecular formula is C13H17BrN2O3S. The first-order valence-corrected chi connectivity index (χ1v) is 8.51. The summed E-state index contributed by atoms with van der Waals surface area (Å²) in [7, 11) is -3.54. The van der Waals surface area contributed by atoms with Gasteiger partial charge in [0.15, 0.2) is 0 Å². The van der Waals surface area contributed by atoms with Gasteiger partial charge in [0.1, 0.15) is 6.54 Å². The van der Waals surface area contributed by atoms with E-state index in [1.807, 2.05) is 6.92 Å². The first-order chi connectivity index (χ1) is 9.25. The zero-order valence-electron chi connectivity index (χ0n) is 11.4. The number of aryl methyl sites for hydroxylation is 1. The highest BCUT2D eigenvalue weighted by molar-refractivity contribution is 9.10. The molecule has 0 saturated heterocycles. The van der Waals surface area contributed by atoms with Crippen LogP contribution >= 0.6 is 15.9 Å². The lowest BCUT2D eigenvalue weighted by atomic mass is 10.2. The molecule has 0 spiro atoms. The van der Waals surface area contributed by atoms with E-state index in [-0.39, 0.29) is 12.5 Å². The standard InChI is InChI=1S/C13H17BrN2O3S/c1-4-7-15-13(17)9-16(20(3,18)19)11-6-5-10(2)12(14)8-11/h4-6,8H,1,7,9H2,2-3H3,(H,15,17). The molecule has 0 saturated carbocycles. The molecule has 0 radical (unpaired) electrons. The minimum atomic E-state index is -3.54. The summed E-state index contributed by atoms with van der Waals surface area (Å²) in [5, 5.41) is 2.56. The zero-order valence-corrected chi connectivity index (χ0v) is 13.8. The van der Waals surface area contributed by atoms with Gasteiger partial charge < -0.3 is 5.32 Å². The molecule has 110 valence electrons. The van der Waals surface area contributed by atoms with Crippen molar-refractivity contribution in [3.05, 3.63) is 40.9 Å². The fourth-order valence-electron chi connectivity index (χ4n) is 1.51. The molecule has 0 aliphatic rings. The van der Waals surface area contributed by atoms with Crippen molar-refractivity contribution in [3.63, 3.8) is 0 Å².